The number of rotatable bonds is 7. The van der Waals surface area contributed by atoms with Crippen molar-refractivity contribution < 1.29 is 9.47 Å². The third kappa shape index (κ3) is 4.09. The summed E-state index contributed by atoms with van der Waals surface area (Å²) >= 11 is 0. The lowest BCUT2D eigenvalue weighted by Crippen LogP contribution is -2.25. The van der Waals surface area contributed by atoms with Gasteiger partial charge in [-0.25, -0.2) is 0 Å². The number of hydrogen-bond donors (Lipinski definition) is 1. The van der Waals surface area contributed by atoms with E-state index in [2.05, 4.69) is 36.5 Å². The van der Waals surface area contributed by atoms with Crippen LogP contribution in [0.2, 0.25) is 0 Å². The Morgan fingerprint density at radius 1 is 1.39 bits per heavy atom. The minimum Gasteiger partial charge on any atom is -0.381 e. The van der Waals surface area contributed by atoms with Crippen LogP contribution >= 0.6 is 0 Å². The quantitative estimate of drug-likeness (QED) is 0.805. The second-order valence-corrected chi connectivity index (χ2v) is 4.77. The molecule has 2 unspecified atom stereocenters. The van der Waals surface area contributed by atoms with E-state index in [9.17, 15) is 0 Å². The summed E-state index contributed by atoms with van der Waals surface area (Å²) in [6.45, 7) is 6.49. The lowest BCUT2D eigenvalue weighted by Gasteiger charge is -2.20. The van der Waals surface area contributed by atoms with Gasteiger partial charge in [0.2, 0.25) is 0 Å². The summed E-state index contributed by atoms with van der Waals surface area (Å²) < 4.78 is 11.5. The normalized spacial score (nSPS) is 21.1. The molecule has 3 nitrogen and oxygen atoms in total. The molecular weight excluding hydrogens is 226 g/mol. The van der Waals surface area contributed by atoms with Gasteiger partial charge < -0.3 is 14.8 Å². The van der Waals surface area contributed by atoms with Crippen molar-refractivity contribution in [2.45, 2.75) is 19.4 Å². The Bertz CT molecular complexity index is 323. The number of likely N-dealkylation sites (N-methyl/N-ethyl adjacent to an activating group) is 1. The molecule has 18 heavy (non-hydrogen) atoms. The molecular formula is C15H23NO2. The van der Waals surface area contributed by atoms with E-state index >= 15 is 0 Å². The average Bonchev–Trinajstić information content (AvgIpc) is 2.93. The first-order valence-corrected chi connectivity index (χ1v) is 6.85. The van der Waals surface area contributed by atoms with Gasteiger partial charge in [0, 0.05) is 19.1 Å². The number of benzene rings is 1. The fraction of sp³-hybridized carbons (Fsp3) is 0.600. The smallest absolute Gasteiger partial charge is 0.0949 e. The maximum atomic E-state index is 6.07. The van der Waals surface area contributed by atoms with Crippen molar-refractivity contribution >= 4 is 0 Å². The highest BCUT2D eigenvalue weighted by Crippen LogP contribution is 2.20. The van der Waals surface area contributed by atoms with E-state index < -0.39 is 0 Å². The molecule has 3 heteroatoms. The van der Waals surface area contributed by atoms with Crippen LogP contribution in [-0.2, 0) is 9.47 Å². The third-order valence-electron chi connectivity index (χ3n) is 3.31. The highest BCUT2D eigenvalue weighted by molar-refractivity contribution is 5.17. The molecule has 0 aromatic heterocycles. The maximum Gasteiger partial charge on any atom is 0.0949 e. The Hall–Kier alpha value is -0.900. The molecule has 1 aromatic rings. The lowest BCUT2D eigenvalue weighted by atomic mass is 10.1. The molecule has 1 heterocycles. The molecule has 1 N–H and O–H groups in total. The Kier molecular flexibility index (Phi) is 5.65. The summed E-state index contributed by atoms with van der Waals surface area (Å²) in [6, 6.07) is 10.4. The molecule has 0 aliphatic carbocycles. The van der Waals surface area contributed by atoms with Crippen LogP contribution in [0, 0.1) is 5.92 Å². The predicted molar refractivity (Wildman–Crippen MR) is 72.6 cm³/mol. The summed E-state index contributed by atoms with van der Waals surface area (Å²) in [5.41, 5.74) is 1.25. The van der Waals surface area contributed by atoms with Crippen LogP contribution < -0.4 is 5.32 Å². The minimum absolute atomic E-state index is 0.145. The zero-order valence-corrected chi connectivity index (χ0v) is 11.1. The van der Waals surface area contributed by atoms with E-state index in [0.717, 1.165) is 39.3 Å². The summed E-state index contributed by atoms with van der Waals surface area (Å²) in [5, 5.41) is 3.37. The summed E-state index contributed by atoms with van der Waals surface area (Å²) in [4.78, 5) is 0. The Morgan fingerprint density at radius 2 is 2.22 bits per heavy atom. The van der Waals surface area contributed by atoms with Crippen molar-refractivity contribution in [1.82, 2.24) is 5.32 Å². The van der Waals surface area contributed by atoms with E-state index in [4.69, 9.17) is 9.47 Å². The van der Waals surface area contributed by atoms with Crippen molar-refractivity contribution in [2.24, 2.45) is 5.92 Å². The van der Waals surface area contributed by atoms with Crippen LogP contribution in [0.5, 0.6) is 0 Å². The standard InChI is InChI=1S/C15H23NO2/c1-2-16-10-15(14-6-4-3-5-7-14)18-12-13-8-9-17-11-13/h3-7,13,15-16H,2,8-12H2,1H3. The van der Waals surface area contributed by atoms with Gasteiger partial charge in [-0.1, -0.05) is 37.3 Å². The molecule has 2 atom stereocenters. The number of hydrogen-bond acceptors (Lipinski definition) is 3. The minimum atomic E-state index is 0.145. The van der Waals surface area contributed by atoms with Gasteiger partial charge in [-0.2, -0.15) is 0 Å². The molecule has 0 saturated carbocycles. The molecule has 1 aliphatic rings. The summed E-state index contributed by atoms with van der Waals surface area (Å²) in [6.07, 6.45) is 1.27. The molecule has 1 aliphatic heterocycles. The Morgan fingerprint density at radius 3 is 2.89 bits per heavy atom. The van der Waals surface area contributed by atoms with Gasteiger partial charge in [0.1, 0.15) is 0 Å². The van der Waals surface area contributed by atoms with E-state index in [-0.39, 0.29) is 6.10 Å². The molecule has 1 saturated heterocycles. The first-order chi connectivity index (χ1) is 8.90. The van der Waals surface area contributed by atoms with Crippen molar-refractivity contribution in [1.29, 1.82) is 0 Å². The van der Waals surface area contributed by atoms with Gasteiger partial charge in [0.15, 0.2) is 0 Å². The van der Waals surface area contributed by atoms with E-state index in [1.165, 1.54) is 5.56 Å². The fourth-order valence-corrected chi connectivity index (χ4v) is 2.18. The number of ether oxygens (including phenoxy) is 2. The highest BCUT2D eigenvalue weighted by atomic mass is 16.5. The number of nitrogens with one attached hydrogen (secondary N) is 1. The van der Waals surface area contributed by atoms with Gasteiger partial charge in [-0.05, 0) is 18.5 Å². The first-order valence-electron chi connectivity index (χ1n) is 6.85. The van der Waals surface area contributed by atoms with Crippen molar-refractivity contribution in [2.75, 3.05) is 32.9 Å². The fourth-order valence-electron chi connectivity index (χ4n) is 2.18. The van der Waals surface area contributed by atoms with Gasteiger partial charge in [-0.3, -0.25) is 0 Å². The average molecular weight is 249 g/mol. The summed E-state index contributed by atoms with van der Waals surface area (Å²) in [5.74, 6) is 0.567. The predicted octanol–water partition coefficient (Wildman–Crippen LogP) is 2.39. The Balaban J connectivity index is 1.87. The van der Waals surface area contributed by atoms with Crippen LogP contribution in [0.3, 0.4) is 0 Å². The van der Waals surface area contributed by atoms with Crippen LogP contribution in [0.15, 0.2) is 30.3 Å². The largest absolute Gasteiger partial charge is 0.381 e. The molecule has 0 radical (unpaired) electrons. The maximum absolute atomic E-state index is 6.07. The molecule has 1 aromatic carbocycles. The van der Waals surface area contributed by atoms with Gasteiger partial charge in [-0.15, -0.1) is 0 Å². The van der Waals surface area contributed by atoms with Crippen molar-refractivity contribution in [3.05, 3.63) is 35.9 Å². The van der Waals surface area contributed by atoms with Gasteiger partial charge in [0.05, 0.1) is 19.3 Å². The molecule has 0 spiro atoms. The Labute approximate surface area is 109 Å². The van der Waals surface area contributed by atoms with E-state index in [1.54, 1.807) is 0 Å². The molecule has 100 valence electrons. The van der Waals surface area contributed by atoms with Crippen LogP contribution in [-0.4, -0.2) is 32.9 Å². The second kappa shape index (κ2) is 7.52. The molecule has 2 rings (SSSR count). The van der Waals surface area contributed by atoms with Gasteiger partial charge in [0.25, 0.3) is 0 Å². The van der Waals surface area contributed by atoms with Crippen LogP contribution in [0.1, 0.15) is 25.0 Å². The first kappa shape index (κ1) is 13.5. The molecule has 0 bridgehead atoms. The van der Waals surface area contributed by atoms with E-state index in [0.29, 0.717) is 5.92 Å². The topological polar surface area (TPSA) is 30.5 Å². The third-order valence-corrected chi connectivity index (χ3v) is 3.31. The second-order valence-electron chi connectivity index (χ2n) is 4.77. The van der Waals surface area contributed by atoms with Gasteiger partial charge >= 0.3 is 0 Å². The van der Waals surface area contributed by atoms with Crippen molar-refractivity contribution in [3.63, 3.8) is 0 Å². The summed E-state index contributed by atoms with van der Waals surface area (Å²) in [7, 11) is 0. The monoisotopic (exact) mass is 249 g/mol. The van der Waals surface area contributed by atoms with E-state index in [1.807, 2.05) is 6.07 Å². The van der Waals surface area contributed by atoms with Crippen LogP contribution in [0.25, 0.3) is 0 Å². The molecule has 1 fully saturated rings. The molecule has 0 amide bonds. The van der Waals surface area contributed by atoms with Crippen LogP contribution in [0.4, 0.5) is 0 Å². The van der Waals surface area contributed by atoms with Crippen molar-refractivity contribution in [3.8, 4) is 0 Å². The highest BCUT2D eigenvalue weighted by Gasteiger charge is 2.19. The SMILES string of the molecule is CCNCC(OCC1CCOC1)c1ccccc1. The zero-order chi connectivity index (χ0) is 12.6. The zero-order valence-electron chi connectivity index (χ0n) is 11.1. The lowest BCUT2D eigenvalue weighted by molar-refractivity contribution is 0.0257.